The number of hydrogen-bond donors (Lipinski definition) is 2. The van der Waals surface area contributed by atoms with Crippen molar-refractivity contribution in [1.29, 1.82) is 0 Å². The molecule has 1 aliphatic rings. The first-order valence-electron chi connectivity index (χ1n) is 5.54. The van der Waals surface area contributed by atoms with Crippen molar-refractivity contribution in [3.63, 3.8) is 0 Å². The summed E-state index contributed by atoms with van der Waals surface area (Å²) < 4.78 is 11.1. The van der Waals surface area contributed by atoms with Crippen LogP contribution in [0.2, 0.25) is 0 Å². The highest BCUT2D eigenvalue weighted by molar-refractivity contribution is 5.13. The maximum absolute atomic E-state index is 5.90. The van der Waals surface area contributed by atoms with Gasteiger partial charge in [-0.15, -0.1) is 0 Å². The average molecular weight is 222 g/mol. The topological polar surface area (TPSA) is 70.5 Å². The lowest BCUT2D eigenvalue weighted by Gasteiger charge is -2.32. The minimum atomic E-state index is -0.333. The molecule has 1 aliphatic heterocycles. The Labute approximate surface area is 95.5 Å². The van der Waals surface area contributed by atoms with E-state index in [1.54, 1.807) is 0 Å². The van der Waals surface area contributed by atoms with Crippen molar-refractivity contribution in [2.45, 2.75) is 31.4 Å². The van der Waals surface area contributed by atoms with Gasteiger partial charge < -0.3 is 20.9 Å². The van der Waals surface area contributed by atoms with Gasteiger partial charge in [0.25, 0.3) is 0 Å². The van der Waals surface area contributed by atoms with Gasteiger partial charge in [0, 0.05) is 6.04 Å². The van der Waals surface area contributed by atoms with Crippen molar-refractivity contribution < 1.29 is 9.47 Å². The summed E-state index contributed by atoms with van der Waals surface area (Å²) in [6, 6.07) is 9.87. The fourth-order valence-corrected chi connectivity index (χ4v) is 1.80. The molecule has 3 unspecified atom stereocenters. The van der Waals surface area contributed by atoms with Gasteiger partial charge in [-0.1, -0.05) is 30.3 Å². The standard InChI is InChI=1S/C12H18N2O2/c13-10-6-11(14)12(16-8-10)15-7-9-4-2-1-3-5-9/h1-5,10-12H,6-8,13-14H2. The van der Waals surface area contributed by atoms with Crippen LogP contribution in [-0.2, 0) is 16.1 Å². The second-order valence-electron chi connectivity index (χ2n) is 4.16. The molecule has 0 amide bonds. The van der Waals surface area contributed by atoms with Crippen LogP contribution in [0.5, 0.6) is 0 Å². The van der Waals surface area contributed by atoms with E-state index in [0.717, 1.165) is 12.0 Å². The summed E-state index contributed by atoms with van der Waals surface area (Å²) in [5.74, 6) is 0. The Morgan fingerprint density at radius 1 is 1.25 bits per heavy atom. The van der Waals surface area contributed by atoms with E-state index in [0.29, 0.717) is 13.2 Å². The van der Waals surface area contributed by atoms with Crippen LogP contribution in [0.25, 0.3) is 0 Å². The minimum absolute atomic E-state index is 0.0339. The summed E-state index contributed by atoms with van der Waals surface area (Å²) in [5, 5.41) is 0. The van der Waals surface area contributed by atoms with Crippen LogP contribution >= 0.6 is 0 Å². The fourth-order valence-electron chi connectivity index (χ4n) is 1.80. The third-order valence-electron chi connectivity index (χ3n) is 2.66. The summed E-state index contributed by atoms with van der Waals surface area (Å²) in [6.45, 7) is 1.04. The largest absolute Gasteiger partial charge is 0.349 e. The fraction of sp³-hybridized carbons (Fsp3) is 0.500. The van der Waals surface area contributed by atoms with Crippen molar-refractivity contribution in [2.75, 3.05) is 6.61 Å². The van der Waals surface area contributed by atoms with Gasteiger partial charge in [-0.05, 0) is 12.0 Å². The quantitative estimate of drug-likeness (QED) is 0.786. The zero-order chi connectivity index (χ0) is 11.4. The molecule has 4 nitrogen and oxygen atoms in total. The minimum Gasteiger partial charge on any atom is -0.349 e. The van der Waals surface area contributed by atoms with Crippen molar-refractivity contribution in [1.82, 2.24) is 0 Å². The molecule has 0 aliphatic carbocycles. The molecule has 1 heterocycles. The van der Waals surface area contributed by atoms with Gasteiger partial charge in [0.05, 0.1) is 19.3 Å². The molecule has 0 saturated carbocycles. The molecular formula is C12H18N2O2. The van der Waals surface area contributed by atoms with E-state index in [1.807, 2.05) is 30.3 Å². The molecule has 0 aromatic heterocycles. The smallest absolute Gasteiger partial charge is 0.173 e. The molecule has 3 atom stereocenters. The van der Waals surface area contributed by atoms with Crippen LogP contribution in [0.4, 0.5) is 0 Å². The average Bonchev–Trinajstić information content (AvgIpc) is 2.29. The van der Waals surface area contributed by atoms with Gasteiger partial charge in [0.2, 0.25) is 0 Å². The van der Waals surface area contributed by atoms with E-state index >= 15 is 0 Å². The SMILES string of the molecule is NC1COC(OCc2ccccc2)C(N)C1. The predicted octanol–water partition coefficient (Wildman–Crippen LogP) is 0.604. The van der Waals surface area contributed by atoms with E-state index in [9.17, 15) is 0 Å². The highest BCUT2D eigenvalue weighted by atomic mass is 16.7. The van der Waals surface area contributed by atoms with Crippen molar-refractivity contribution in [2.24, 2.45) is 11.5 Å². The number of hydrogen-bond acceptors (Lipinski definition) is 4. The Morgan fingerprint density at radius 3 is 2.69 bits per heavy atom. The second kappa shape index (κ2) is 5.41. The molecule has 1 aromatic carbocycles. The molecule has 2 rings (SSSR count). The maximum atomic E-state index is 5.90. The van der Waals surface area contributed by atoms with Crippen LogP contribution in [-0.4, -0.2) is 25.0 Å². The molecule has 16 heavy (non-hydrogen) atoms. The molecule has 0 spiro atoms. The number of ether oxygens (including phenoxy) is 2. The summed E-state index contributed by atoms with van der Waals surface area (Å²) in [7, 11) is 0. The van der Waals surface area contributed by atoms with E-state index in [1.165, 1.54) is 0 Å². The van der Waals surface area contributed by atoms with Crippen LogP contribution in [0.15, 0.2) is 30.3 Å². The Kier molecular flexibility index (Phi) is 3.90. The Balaban J connectivity index is 1.82. The number of rotatable bonds is 3. The van der Waals surface area contributed by atoms with Gasteiger partial charge in [-0.3, -0.25) is 0 Å². The summed E-state index contributed by atoms with van der Waals surface area (Å²) in [6.07, 6.45) is 0.416. The van der Waals surface area contributed by atoms with Crippen molar-refractivity contribution >= 4 is 0 Å². The molecule has 0 radical (unpaired) electrons. The van der Waals surface area contributed by atoms with Gasteiger partial charge >= 0.3 is 0 Å². The molecule has 4 heteroatoms. The van der Waals surface area contributed by atoms with Crippen LogP contribution < -0.4 is 11.5 Å². The van der Waals surface area contributed by atoms with E-state index in [-0.39, 0.29) is 18.4 Å². The third-order valence-corrected chi connectivity index (χ3v) is 2.66. The normalized spacial score (nSPS) is 30.2. The first-order chi connectivity index (χ1) is 7.75. The lowest BCUT2D eigenvalue weighted by molar-refractivity contribution is -0.182. The van der Waals surface area contributed by atoms with Gasteiger partial charge in [0.1, 0.15) is 0 Å². The van der Waals surface area contributed by atoms with E-state index in [2.05, 4.69) is 0 Å². The van der Waals surface area contributed by atoms with Crippen molar-refractivity contribution in [3.05, 3.63) is 35.9 Å². The lowest BCUT2D eigenvalue weighted by Crippen LogP contribution is -2.50. The molecule has 1 saturated heterocycles. The number of nitrogens with two attached hydrogens (primary N) is 2. The Bertz CT molecular complexity index is 318. The van der Waals surface area contributed by atoms with E-state index < -0.39 is 0 Å². The van der Waals surface area contributed by atoms with Crippen LogP contribution in [0.3, 0.4) is 0 Å². The van der Waals surface area contributed by atoms with Gasteiger partial charge in [-0.25, -0.2) is 0 Å². The van der Waals surface area contributed by atoms with Gasteiger partial charge in [0.15, 0.2) is 6.29 Å². The van der Waals surface area contributed by atoms with Crippen LogP contribution in [0, 0.1) is 0 Å². The third kappa shape index (κ3) is 3.02. The number of benzene rings is 1. The highest BCUT2D eigenvalue weighted by Crippen LogP contribution is 2.14. The summed E-state index contributed by atoms with van der Waals surface area (Å²) in [5.41, 5.74) is 12.8. The first kappa shape index (κ1) is 11.5. The summed E-state index contributed by atoms with van der Waals surface area (Å²) >= 11 is 0. The van der Waals surface area contributed by atoms with E-state index in [4.69, 9.17) is 20.9 Å². The Morgan fingerprint density at radius 2 is 2.00 bits per heavy atom. The molecule has 1 aromatic rings. The lowest BCUT2D eigenvalue weighted by atomic mass is 10.1. The molecule has 4 N–H and O–H groups in total. The van der Waals surface area contributed by atoms with Crippen LogP contribution in [0.1, 0.15) is 12.0 Å². The molecular weight excluding hydrogens is 204 g/mol. The molecule has 0 bridgehead atoms. The second-order valence-corrected chi connectivity index (χ2v) is 4.16. The highest BCUT2D eigenvalue weighted by Gasteiger charge is 2.27. The Hall–Kier alpha value is -0.940. The maximum Gasteiger partial charge on any atom is 0.173 e. The monoisotopic (exact) mass is 222 g/mol. The van der Waals surface area contributed by atoms with Gasteiger partial charge in [-0.2, -0.15) is 0 Å². The molecule has 1 fully saturated rings. The summed E-state index contributed by atoms with van der Waals surface area (Å²) in [4.78, 5) is 0. The first-order valence-corrected chi connectivity index (χ1v) is 5.54. The zero-order valence-corrected chi connectivity index (χ0v) is 9.21. The molecule has 88 valence electrons. The van der Waals surface area contributed by atoms with Crippen molar-refractivity contribution in [3.8, 4) is 0 Å². The predicted molar refractivity (Wildman–Crippen MR) is 61.5 cm³/mol. The zero-order valence-electron chi connectivity index (χ0n) is 9.21.